The molecule has 3 rings (SSSR count). The maximum Gasteiger partial charge on any atom is 0.168 e. The quantitative estimate of drug-likeness (QED) is 0.786. The minimum Gasteiger partial charge on any atom is -0.398 e. The van der Waals surface area contributed by atoms with E-state index in [1.807, 2.05) is 0 Å². The second-order valence-electron chi connectivity index (χ2n) is 5.69. The summed E-state index contributed by atoms with van der Waals surface area (Å²) >= 11 is 0. The Bertz CT molecular complexity index is 483. The number of hydrogen-bond acceptors (Lipinski definition) is 4. The van der Waals surface area contributed by atoms with E-state index in [0.29, 0.717) is 18.9 Å². The zero-order chi connectivity index (χ0) is 13.5. The average Bonchev–Trinajstić information content (AvgIpc) is 2.98. The van der Waals surface area contributed by atoms with Crippen molar-refractivity contribution in [3.63, 3.8) is 0 Å². The molecule has 2 aliphatic carbocycles. The molecule has 2 fully saturated rings. The molecule has 2 spiro atoms. The van der Waals surface area contributed by atoms with Crippen molar-refractivity contribution in [1.82, 2.24) is 0 Å². The van der Waals surface area contributed by atoms with Crippen molar-refractivity contribution in [2.24, 2.45) is 11.1 Å². The Morgan fingerprint density at radius 1 is 1.26 bits per heavy atom. The summed E-state index contributed by atoms with van der Waals surface area (Å²) in [5.74, 6) is -0.386. The number of allylic oxidation sites excluding steroid dienone is 3. The van der Waals surface area contributed by atoms with Gasteiger partial charge in [-0.3, -0.25) is 0 Å². The Morgan fingerprint density at radius 3 is 2.42 bits per heavy atom. The van der Waals surface area contributed by atoms with Crippen LogP contribution in [0.25, 0.3) is 0 Å². The summed E-state index contributed by atoms with van der Waals surface area (Å²) in [6.45, 7) is 3.46. The topological polar surface area (TPSA) is 68.3 Å². The molecule has 1 aliphatic heterocycles. The number of nitrogens with zero attached hydrogens (tertiary/aromatic N) is 1. The van der Waals surface area contributed by atoms with E-state index in [9.17, 15) is 5.26 Å². The maximum absolute atomic E-state index is 9.44. The van der Waals surface area contributed by atoms with Crippen LogP contribution in [0.15, 0.2) is 22.9 Å². The number of rotatable bonds is 1. The monoisotopic (exact) mass is 260 g/mol. The predicted octanol–water partition coefficient (Wildman–Crippen LogP) is 2.38. The molecule has 3 aliphatic rings. The van der Waals surface area contributed by atoms with Gasteiger partial charge in [-0.05, 0) is 24.8 Å². The smallest absolute Gasteiger partial charge is 0.168 e. The second kappa shape index (κ2) is 4.36. The molecule has 1 saturated heterocycles. The van der Waals surface area contributed by atoms with Gasteiger partial charge in [0.25, 0.3) is 0 Å². The van der Waals surface area contributed by atoms with Crippen molar-refractivity contribution in [3.05, 3.63) is 22.9 Å². The van der Waals surface area contributed by atoms with Crippen LogP contribution in [0, 0.1) is 16.7 Å². The molecule has 19 heavy (non-hydrogen) atoms. The molecule has 0 unspecified atom stereocenters. The van der Waals surface area contributed by atoms with Crippen molar-refractivity contribution in [2.75, 3.05) is 13.2 Å². The fraction of sp³-hybridized carbons (Fsp3) is 0.667. The summed E-state index contributed by atoms with van der Waals surface area (Å²) in [6.07, 6.45) is 6.58. The first-order valence-electron chi connectivity index (χ1n) is 7.05. The van der Waals surface area contributed by atoms with E-state index in [1.54, 1.807) is 0 Å². The van der Waals surface area contributed by atoms with Crippen molar-refractivity contribution in [1.29, 1.82) is 5.26 Å². The Kier molecular flexibility index (Phi) is 2.92. The van der Waals surface area contributed by atoms with Crippen LogP contribution in [0.1, 0.15) is 39.0 Å². The summed E-state index contributed by atoms with van der Waals surface area (Å²) in [5.41, 5.74) is 8.55. The number of hydrogen-bond donors (Lipinski definition) is 1. The van der Waals surface area contributed by atoms with Crippen LogP contribution in [0.2, 0.25) is 0 Å². The van der Waals surface area contributed by atoms with Gasteiger partial charge >= 0.3 is 0 Å². The lowest BCUT2D eigenvalue weighted by molar-refractivity contribution is -0.185. The molecule has 0 atom stereocenters. The molecular formula is C15H20N2O2. The average molecular weight is 260 g/mol. The van der Waals surface area contributed by atoms with Gasteiger partial charge in [-0.25, -0.2) is 0 Å². The van der Waals surface area contributed by atoms with Gasteiger partial charge in [0.1, 0.15) is 0 Å². The van der Waals surface area contributed by atoms with Crippen molar-refractivity contribution in [3.8, 4) is 6.07 Å². The Labute approximate surface area is 113 Å². The van der Waals surface area contributed by atoms with Crippen LogP contribution < -0.4 is 5.73 Å². The van der Waals surface area contributed by atoms with Gasteiger partial charge in [-0.2, -0.15) is 5.26 Å². The van der Waals surface area contributed by atoms with E-state index in [4.69, 9.17) is 15.2 Å². The van der Waals surface area contributed by atoms with Gasteiger partial charge in [0.2, 0.25) is 0 Å². The van der Waals surface area contributed by atoms with Crippen molar-refractivity contribution in [2.45, 2.75) is 44.8 Å². The predicted molar refractivity (Wildman–Crippen MR) is 70.7 cm³/mol. The SMILES string of the molecule is CCC1=CC2(CCC3(CC2)OCCO3)C(C#N)=C1N. The van der Waals surface area contributed by atoms with Gasteiger partial charge in [0.05, 0.1) is 24.9 Å². The lowest BCUT2D eigenvalue weighted by atomic mass is 9.69. The third-order valence-corrected chi connectivity index (χ3v) is 4.77. The molecule has 4 heteroatoms. The summed E-state index contributed by atoms with van der Waals surface area (Å²) < 4.78 is 11.5. The standard InChI is InChI=1S/C15H20N2O2/c1-2-11-9-14(12(10-16)13(11)17)3-5-15(6-4-14)18-7-8-19-15/h9H,2-8,17H2,1H3. The van der Waals surface area contributed by atoms with Gasteiger partial charge in [0, 0.05) is 24.0 Å². The summed E-state index contributed by atoms with van der Waals surface area (Å²) in [5, 5.41) is 9.44. The third kappa shape index (κ3) is 1.80. The zero-order valence-corrected chi connectivity index (χ0v) is 11.4. The van der Waals surface area contributed by atoms with Crippen LogP contribution >= 0.6 is 0 Å². The normalized spacial score (nSPS) is 27.9. The molecule has 0 aromatic carbocycles. The molecular weight excluding hydrogens is 240 g/mol. The minimum absolute atomic E-state index is 0.162. The van der Waals surface area contributed by atoms with Gasteiger partial charge in [-0.1, -0.05) is 13.0 Å². The van der Waals surface area contributed by atoms with Gasteiger partial charge in [-0.15, -0.1) is 0 Å². The highest BCUT2D eigenvalue weighted by molar-refractivity contribution is 5.53. The first-order chi connectivity index (χ1) is 9.15. The molecule has 4 nitrogen and oxygen atoms in total. The van der Waals surface area contributed by atoms with E-state index in [0.717, 1.165) is 43.3 Å². The Hall–Kier alpha value is -1.31. The number of nitrogens with two attached hydrogens (primary N) is 1. The Balaban J connectivity index is 1.87. The highest BCUT2D eigenvalue weighted by Crippen LogP contribution is 2.53. The highest BCUT2D eigenvalue weighted by atomic mass is 16.7. The molecule has 1 heterocycles. The minimum atomic E-state index is -0.386. The van der Waals surface area contributed by atoms with Crippen LogP contribution in [0.4, 0.5) is 0 Å². The van der Waals surface area contributed by atoms with E-state index in [1.165, 1.54) is 0 Å². The highest BCUT2D eigenvalue weighted by Gasteiger charge is 2.49. The van der Waals surface area contributed by atoms with E-state index in [2.05, 4.69) is 19.1 Å². The first-order valence-corrected chi connectivity index (χ1v) is 7.05. The fourth-order valence-corrected chi connectivity index (χ4v) is 3.63. The van der Waals surface area contributed by atoms with Crippen molar-refractivity contribution >= 4 is 0 Å². The molecule has 1 saturated carbocycles. The third-order valence-electron chi connectivity index (χ3n) is 4.77. The number of ether oxygens (including phenoxy) is 2. The van der Waals surface area contributed by atoms with Crippen LogP contribution in [0.3, 0.4) is 0 Å². The molecule has 0 bridgehead atoms. The lowest BCUT2D eigenvalue weighted by Crippen LogP contribution is -2.39. The fourth-order valence-electron chi connectivity index (χ4n) is 3.63. The van der Waals surface area contributed by atoms with Crippen LogP contribution in [-0.2, 0) is 9.47 Å². The largest absolute Gasteiger partial charge is 0.398 e. The molecule has 0 aromatic heterocycles. The molecule has 2 N–H and O–H groups in total. The summed E-state index contributed by atoms with van der Waals surface area (Å²) in [7, 11) is 0. The van der Waals surface area contributed by atoms with Gasteiger partial charge < -0.3 is 15.2 Å². The second-order valence-corrected chi connectivity index (χ2v) is 5.69. The molecule has 102 valence electrons. The number of nitriles is 1. The molecule has 0 radical (unpaired) electrons. The van der Waals surface area contributed by atoms with Crippen LogP contribution in [0.5, 0.6) is 0 Å². The summed E-state index contributed by atoms with van der Waals surface area (Å²) in [4.78, 5) is 0. The van der Waals surface area contributed by atoms with Gasteiger partial charge in [0.15, 0.2) is 5.79 Å². The Morgan fingerprint density at radius 2 is 1.89 bits per heavy atom. The summed E-state index contributed by atoms with van der Waals surface area (Å²) in [6, 6.07) is 2.34. The van der Waals surface area contributed by atoms with Crippen molar-refractivity contribution < 1.29 is 9.47 Å². The maximum atomic E-state index is 9.44. The lowest BCUT2D eigenvalue weighted by Gasteiger charge is -2.40. The van der Waals surface area contributed by atoms with E-state index < -0.39 is 0 Å². The molecule has 0 amide bonds. The van der Waals surface area contributed by atoms with E-state index >= 15 is 0 Å². The van der Waals surface area contributed by atoms with Crippen LogP contribution in [-0.4, -0.2) is 19.0 Å². The first kappa shape index (κ1) is 12.7. The zero-order valence-electron chi connectivity index (χ0n) is 11.4. The van der Waals surface area contributed by atoms with E-state index in [-0.39, 0.29) is 11.2 Å². The molecule has 0 aromatic rings.